The van der Waals surface area contributed by atoms with Crippen LogP contribution >= 0.6 is 0 Å². The molecular formula is C18H23NO7S. The molecule has 0 unspecified atom stereocenters. The van der Waals surface area contributed by atoms with Crippen molar-refractivity contribution in [2.75, 3.05) is 24.7 Å². The van der Waals surface area contributed by atoms with Gasteiger partial charge in [0.1, 0.15) is 6.61 Å². The van der Waals surface area contributed by atoms with Gasteiger partial charge in [0.25, 0.3) is 5.91 Å². The fraction of sp³-hybridized carbons (Fsp3) is 0.556. The Bertz CT molecular complexity index is 823. The van der Waals surface area contributed by atoms with E-state index in [1.165, 1.54) is 11.8 Å². The van der Waals surface area contributed by atoms with E-state index in [-0.39, 0.29) is 24.2 Å². The lowest BCUT2D eigenvalue weighted by Gasteiger charge is -2.30. The van der Waals surface area contributed by atoms with Gasteiger partial charge in [-0.15, -0.1) is 0 Å². The number of likely N-dealkylation sites (N-methyl/N-ethyl adjacent to an activating group) is 1. The van der Waals surface area contributed by atoms with Crippen molar-refractivity contribution >= 4 is 21.7 Å². The first-order valence-corrected chi connectivity index (χ1v) is 10.7. The second-order valence-corrected chi connectivity index (χ2v) is 8.85. The molecular weight excluding hydrogens is 374 g/mol. The normalized spacial score (nSPS) is 24.1. The van der Waals surface area contributed by atoms with E-state index in [0.29, 0.717) is 24.5 Å². The third kappa shape index (κ3) is 4.35. The van der Waals surface area contributed by atoms with E-state index in [2.05, 4.69) is 0 Å². The first-order valence-electron chi connectivity index (χ1n) is 8.90. The summed E-state index contributed by atoms with van der Waals surface area (Å²) in [6.45, 7) is 3.59. The number of hydrogen-bond donors (Lipinski definition) is 0. The van der Waals surface area contributed by atoms with E-state index in [1.54, 1.807) is 31.2 Å². The molecule has 1 aromatic rings. The zero-order valence-electron chi connectivity index (χ0n) is 15.3. The maximum Gasteiger partial charge on any atom is 0.351 e. The van der Waals surface area contributed by atoms with Crippen LogP contribution in [-0.4, -0.2) is 68.1 Å². The minimum atomic E-state index is -3.12. The van der Waals surface area contributed by atoms with E-state index >= 15 is 0 Å². The van der Waals surface area contributed by atoms with Gasteiger partial charge in [-0.05, 0) is 32.4 Å². The summed E-state index contributed by atoms with van der Waals surface area (Å²) in [6, 6.07) is 6.59. The molecule has 1 saturated heterocycles. The third-order valence-corrected chi connectivity index (χ3v) is 6.44. The quantitative estimate of drug-likeness (QED) is 0.678. The summed E-state index contributed by atoms with van der Waals surface area (Å²) in [4.78, 5) is 26.5. The second-order valence-electron chi connectivity index (χ2n) is 6.62. The van der Waals surface area contributed by atoms with Gasteiger partial charge in [0, 0.05) is 12.6 Å². The van der Waals surface area contributed by atoms with E-state index < -0.39 is 33.9 Å². The minimum absolute atomic E-state index is 0.00484. The first-order chi connectivity index (χ1) is 12.8. The fourth-order valence-corrected chi connectivity index (χ4v) is 5.02. The molecule has 0 saturated carbocycles. The molecule has 148 valence electrons. The summed E-state index contributed by atoms with van der Waals surface area (Å²) < 4.78 is 39.7. The van der Waals surface area contributed by atoms with Gasteiger partial charge < -0.3 is 19.1 Å². The molecule has 0 aliphatic carbocycles. The molecule has 2 heterocycles. The number of benzene rings is 1. The molecule has 1 amide bonds. The zero-order chi connectivity index (χ0) is 19.6. The van der Waals surface area contributed by atoms with Crippen molar-refractivity contribution < 1.29 is 32.2 Å². The van der Waals surface area contributed by atoms with Crippen LogP contribution in [0.3, 0.4) is 0 Å². The molecule has 9 heteroatoms. The van der Waals surface area contributed by atoms with Gasteiger partial charge in [-0.25, -0.2) is 13.2 Å². The summed E-state index contributed by atoms with van der Waals surface area (Å²) in [5.74, 6) is -0.0990. The lowest BCUT2D eigenvalue weighted by atomic mass is 10.2. The summed E-state index contributed by atoms with van der Waals surface area (Å²) in [7, 11) is -3.12. The third-order valence-electron chi connectivity index (χ3n) is 4.69. The Morgan fingerprint density at radius 2 is 2.00 bits per heavy atom. The number of carbonyl (C=O) groups is 2. The van der Waals surface area contributed by atoms with E-state index in [1.807, 2.05) is 0 Å². The van der Waals surface area contributed by atoms with E-state index in [4.69, 9.17) is 14.2 Å². The van der Waals surface area contributed by atoms with Gasteiger partial charge in [-0.1, -0.05) is 12.1 Å². The molecule has 27 heavy (non-hydrogen) atoms. The Labute approximate surface area is 158 Å². The van der Waals surface area contributed by atoms with Crippen LogP contribution in [0.15, 0.2) is 24.3 Å². The number of hydrogen-bond acceptors (Lipinski definition) is 7. The molecule has 3 rings (SSSR count). The highest BCUT2D eigenvalue weighted by atomic mass is 32.2. The Morgan fingerprint density at radius 1 is 1.30 bits per heavy atom. The number of para-hydroxylation sites is 2. The van der Waals surface area contributed by atoms with Crippen molar-refractivity contribution in [3.05, 3.63) is 24.3 Å². The number of amides is 1. The lowest BCUT2D eigenvalue weighted by molar-refractivity contribution is -0.167. The van der Waals surface area contributed by atoms with Crippen molar-refractivity contribution in [3.8, 4) is 11.5 Å². The average Bonchev–Trinajstić information content (AvgIpc) is 3.01. The Hall–Kier alpha value is -2.29. The average molecular weight is 397 g/mol. The molecule has 0 bridgehead atoms. The van der Waals surface area contributed by atoms with Gasteiger partial charge >= 0.3 is 5.97 Å². The number of fused-ring (bicyclic) bond motifs is 1. The predicted molar refractivity (Wildman–Crippen MR) is 96.4 cm³/mol. The molecule has 2 aliphatic heterocycles. The van der Waals surface area contributed by atoms with E-state index in [0.717, 1.165) is 0 Å². The van der Waals surface area contributed by atoms with Crippen molar-refractivity contribution in [1.29, 1.82) is 0 Å². The maximum atomic E-state index is 12.7. The first kappa shape index (κ1) is 19.5. The number of carbonyl (C=O) groups excluding carboxylic acids is 2. The lowest BCUT2D eigenvalue weighted by Crippen LogP contribution is -2.48. The van der Waals surface area contributed by atoms with Gasteiger partial charge in [0.15, 0.2) is 27.4 Å². The Balaban J connectivity index is 1.60. The zero-order valence-corrected chi connectivity index (χ0v) is 16.1. The van der Waals surface area contributed by atoms with Crippen molar-refractivity contribution in [3.63, 3.8) is 0 Å². The summed E-state index contributed by atoms with van der Waals surface area (Å²) >= 11 is 0. The molecule has 0 spiro atoms. The van der Waals surface area contributed by atoms with Crippen LogP contribution in [0.5, 0.6) is 11.5 Å². The molecule has 1 fully saturated rings. The predicted octanol–water partition coefficient (Wildman–Crippen LogP) is 0.794. The number of esters is 1. The SMILES string of the molecule is CCN(C(=O)[C@H](C)OC(=O)[C@@H]1COc2ccccc2O1)[C@H]1CCS(=O)(=O)C1. The summed E-state index contributed by atoms with van der Waals surface area (Å²) in [5.41, 5.74) is 0. The van der Waals surface area contributed by atoms with Crippen LogP contribution in [-0.2, 0) is 24.2 Å². The Kier molecular flexibility index (Phi) is 5.59. The molecule has 0 aromatic heterocycles. The molecule has 3 atom stereocenters. The standard InChI is InChI=1S/C18H23NO7S/c1-3-19(13-8-9-27(22,23)11-13)17(20)12(2)25-18(21)16-10-24-14-6-4-5-7-15(14)26-16/h4-7,12-13,16H,3,8-11H2,1-2H3/t12-,13-,16-/m0/s1. The summed E-state index contributed by atoms with van der Waals surface area (Å²) in [5, 5.41) is 0. The smallest absolute Gasteiger partial charge is 0.351 e. The molecule has 1 aromatic carbocycles. The molecule has 0 N–H and O–H groups in total. The topological polar surface area (TPSA) is 99.2 Å². The molecule has 8 nitrogen and oxygen atoms in total. The fourth-order valence-electron chi connectivity index (χ4n) is 3.28. The molecule has 2 aliphatic rings. The number of rotatable bonds is 5. The molecule has 0 radical (unpaired) electrons. The van der Waals surface area contributed by atoms with Crippen LogP contribution in [0.4, 0.5) is 0 Å². The highest BCUT2D eigenvalue weighted by Gasteiger charge is 2.37. The minimum Gasteiger partial charge on any atom is -0.485 e. The monoisotopic (exact) mass is 397 g/mol. The largest absolute Gasteiger partial charge is 0.485 e. The number of ether oxygens (including phenoxy) is 3. The van der Waals surface area contributed by atoms with Crippen LogP contribution in [0.1, 0.15) is 20.3 Å². The van der Waals surface area contributed by atoms with Gasteiger partial charge in [-0.2, -0.15) is 0 Å². The van der Waals surface area contributed by atoms with Crippen LogP contribution in [0.25, 0.3) is 0 Å². The van der Waals surface area contributed by atoms with Crippen LogP contribution in [0, 0.1) is 0 Å². The highest BCUT2D eigenvalue weighted by molar-refractivity contribution is 7.91. The van der Waals surface area contributed by atoms with Gasteiger partial charge in [0.05, 0.1) is 11.5 Å². The van der Waals surface area contributed by atoms with Crippen molar-refractivity contribution in [2.24, 2.45) is 0 Å². The van der Waals surface area contributed by atoms with Gasteiger partial charge in [-0.3, -0.25) is 4.79 Å². The number of nitrogens with zero attached hydrogens (tertiary/aromatic N) is 1. The van der Waals surface area contributed by atoms with Crippen molar-refractivity contribution in [2.45, 2.75) is 38.5 Å². The van der Waals surface area contributed by atoms with Crippen molar-refractivity contribution in [1.82, 2.24) is 4.90 Å². The second kappa shape index (κ2) is 7.75. The number of sulfone groups is 1. The Morgan fingerprint density at radius 3 is 2.63 bits per heavy atom. The highest BCUT2D eigenvalue weighted by Crippen LogP contribution is 2.31. The maximum absolute atomic E-state index is 12.7. The van der Waals surface area contributed by atoms with Gasteiger partial charge in [0.2, 0.25) is 6.10 Å². The van der Waals surface area contributed by atoms with E-state index in [9.17, 15) is 18.0 Å². The van der Waals surface area contributed by atoms with Crippen LogP contribution in [0.2, 0.25) is 0 Å². The van der Waals surface area contributed by atoms with Crippen LogP contribution < -0.4 is 9.47 Å². The summed E-state index contributed by atoms with van der Waals surface area (Å²) in [6.07, 6.45) is -1.60.